The van der Waals surface area contributed by atoms with E-state index in [0.717, 1.165) is 55.5 Å². The molecular weight excluding hydrogens is 302 g/mol. The molecular formula is C19H23N3O2. The van der Waals surface area contributed by atoms with Crippen LogP contribution < -0.4 is 10.2 Å². The van der Waals surface area contributed by atoms with Gasteiger partial charge in [-0.2, -0.15) is 0 Å². The summed E-state index contributed by atoms with van der Waals surface area (Å²) >= 11 is 0. The molecule has 0 radical (unpaired) electrons. The molecule has 1 aliphatic heterocycles. The first-order valence-electron chi connectivity index (χ1n) is 8.75. The molecule has 0 bridgehead atoms. The lowest BCUT2D eigenvalue weighted by atomic mass is 10.1. The molecule has 0 spiro atoms. The van der Waals surface area contributed by atoms with Crippen molar-refractivity contribution >= 4 is 22.6 Å². The molecule has 2 N–H and O–H groups in total. The number of para-hydroxylation sites is 1. The topological polar surface area (TPSA) is 65.5 Å². The summed E-state index contributed by atoms with van der Waals surface area (Å²) in [5.74, 6) is 0.701. The average molecular weight is 325 g/mol. The fourth-order valence-electron chi connectivity index (χ4n) is 3.37. The molecule has 1 aromatic heterocycles. The minimum Gasteiger partial charge on any atom is -0.396 e. The Bertz CT molecular complexity index is 764. The highest BCUT2D eigenvalue weighted by atomic mass is 16.3. The lowest BCUT2D eigenvalue weighted by Crippen LogP contribution is -2.33. The monoisotopic (exact) mass is 325 g/mol. The van der Waals surface area contributed by atoms with Crippen molar-refractivity contribution in [2.75, 3.05) is 31.1 Å². The molecule has 2 aromatic rings. The predicted molar refractivity (Wildman–Crippen MR) is 94.3 cm³/mol. The summed E-state index contributed by atoms with van der Waals surface area (Å²) in [4.78, 5) is 19.8. The van der Waals surface area contributed by atoms with Gasteiger partial charge in [-0.1, -0.05) is 18.2 Å². The minimum atomic E-state index is -0.0895. The Morgan fingerprint density at radius 3 is 2.71 bits per heavy atom. The Hall–Kier alpha value is -2.14. The molecule has 1 aromatic carbocycles. The highest BCUT2D eigenvalue weighted by molar-refractivity contribution is 6.02. The van der Waals surface area contributed by atoms with E-state index >= 15 is 0 Å². The van der Waals surface area contributed by atoms with Gasteiger partial charge in [-0.05, 0) is 37.8 Å². The van der Waals surface area contributed by atoms with Crippen molar-refractivity contribution in [3.05, 3.63) is 35.9 Å². The second-order valence-corrected chi connectivity index (χ2v) is 7.09. The van der Waals surface area contributed by atoms with Crippen LogP contribution in [0.3, 0.4) is 0 Å². The van der Waals surface area contributed by atoms with E-state index < -0.39 is 0 Å². The van der Waals surface area contributed by atoms with Gasteiger partial charge in [0.15, 0.2) is 0 Å². The van der Waals surface area contributed by atoms with E-state index in [2.05, 4.69) is 10.2 Å². The molecule has 0 unspecified atom stereocenters. The summed E-state index contributed by atoms with van der Waals surface area (Å²) in [7, 11) is 0. The summed E-state index contributed by atoms with van der Waals surface area (Å²) in [5.41, 5.74) is 1.47. The van der Waals surface area contributed by atoms with Gasteiger partial charge in [0.25, 0.3) is 5.91 Å². The van der Waals surface area contributed by atoms with Crippen molar-refractivity contribution < 1.29 is 9.90 Å². The van der Waals surface area contributed by atoms with Crippen LogP contribution in [0.15, 0.2) is 30.3 Å². The zero-order chi connectivity index (χ0) is 16.6. The van der Waals surface area contributed by atoms with Crippen molar-refractivity contribution in [2.45, 2.75) is 25.7 Å². The predicted octanol–water partition coefficient (Wildman–Crippen LogP) is 2.34. The van der Waals surface area contributed by atoms with Crippen molar-refractivity contribution in [1.29, 1.82) is 0 Å². The van der Waals surface area contributed by atoms with Gasteiger partial charge < -0.3 is 15.3 Å². The van der Waals surface area contributed by atoms with Gasteiger partial charge in [0.05, 0.1) is 17.7 Å². The van der Waals surface area contributed by atoms with Crippen LogP contribution in [-0.2, 0) is 0 Å². The van der Waals surface area contributed by atoms with Crippen LogP contribution in [0.25, 0.3) is 10.9 Å². The van der Waals surface area contributed by atoms with Gasteiger partial charge in [-0.3, -0.25) is 4.79 Å². The number of carbonyl (C=O) groups excluding carboxylic acids is 1. The molecule has 1 aliphatic carbocycles. The maximum absolute atomic E-state index is 12.8. The molecule has 1 saturated heterocycles. The normalized spacial score (nSPS) is 18.8. The number of benzene rings is 1. The number of nitrogens with zero attached hydrogens (tertiary/aromatic N) is 2. The summed E-state index contributed by atoms with van der Waals surface area (Å²) in [6.07, 6.45) is 4.25. The first-order valence-corrected chi connectivity index (χ1v) is 8.75. The van der Waals surface area contributed by atoms with Crippen LogP contribution in [0.4, 0.5) is 5.82 Å². The van der Waals surface area contributed by atoms with Crippen LogP contribution in [0.1, 0.15) is 36.0 Å². The average Bonchev–Trinajstić information content (AvgIpc) is 3.20. The number of pyridine rings is 1. The lowest BCUT2D eigenvalue weighted by Gasteiger charge is -2.21. The van der Waals surface area contributed by atoms with Crippen LogP contribution in [0.2, 0.25) is 0 Å². The Labute approximate surface area is 141 Å². The van der Waals surface area contributed by atoms with Gasteiger partial charge in [0, 0.05) is 30.4 Å². The molecule has 1 saturated carbocycles. The highest BCUT2D eigenvalue weighted by Crippen LogP contribution is 2.44. The SMILES string of the molecule is O=C(NCC1(CO)CC1)c1cc2ccccc2nc1N1CCCC1. The second kappa shape index (κ2) is 6.06. The molecule has 24 heavy (non-hydrogen) atoms. The Kier molecular flexibility index (Phi) is 3.88. The Morgan fingerprint density at radius 2 is 2.00 bits per heavy atom. The molecule has 0 atom stereocenters. The van der Waals surface area contributed by atoms with E-state index in [4.69, 9.17) is 4.98 Å². The zero-order valence-corrected chi connectivity index (χ0v) is 13.8. The van der Waals surface area contributed by atoms with Crippen molar-refractivity contribution in [1.82, 2.24) is 10.3 Å². The number of carbonyl (C=O) groups is 1. The maximum Gasteiger partial charge on any atom is 0.255 e. The largest absolute Gasteiger partial charge is 0.396 e. The number of nitrogens with one attached hydrogen (secondary N) is 1. The molecule has 4 rings (SSSR count). The van der Waals surface area contributed by atoms with E-state index in [1.54, 1.807) is 0 Å². The van der Waals surface area contributed by atoms with Gasteiger partial charge in [0.1, 0.15) is 5.82 Å². The van der Waals surface area contributed by atoms with Gasteiger partial charge in [0.2, 0.25) is 0 Å². The Morgan fingerprint density at radius 1 is 1.25 bits per heavy atom. The van der Waals surface area contributed by atoms with E-state index in [9.17, 15) is 9.90 Å². The number of hydrogen-bond acceptors (Lipinski definition) is 4. The fraction of sp³-hybridized carbons (Fsp3) is 0.474. The van der Waals surface area contributed by atoms with Crippen molar-refractivity contribution in [3.8, 4) is 0 Å². The third-order valence-corrected chi connectivity index (χ3v) is 5.27. The summed E-state index contributed by atoms with van der Waals surface area (Å²) < 4.78 is 0. The quantitative estimate of drug-likeness (QED) is 0.885. The second-order valence-electron chi connectivity index (χ2n) is 7.09. The first kappa shape index (κ1) is 15.4. The van der Waals surface area contributed by atoms with Gasteiger partial charge in [-0.15, -0.1) is 0 Å². The first-order chi connectivity index (χ1) is 11.7. The third kappa shape index (κ3) is 2.84. The summed E-state index contributed by atoms with van der Waals surface area (Å²) in [5, 5.41) is 13.4. The fourth-order valence-corrected chi connectivity index (χ4v) is 3.37. The molecule has 126 valence electrons. The van der Waals surface area contributed by atoms with Crippen LogP contribution in [-0.4, -0.2) is 42.2 Å². The number of aromatic nitrogens is 1. The molecule has 2 aliphatic rings. The zero-order valence-electron chi connectivity index (χ0n) is 13.8. The number of aliphatic hydroxyl groups is 1. The van der Waals surface area contributed by atoms with Crippen molar-refractivity contribution in [3.63, 3.8) is 0 Å². The molecule has 5 heteroatoms. The van der Waals surface area contributed by atoms with Crippen LogP contribution in [0, 0.1) is 5.41 Å². The molecule has 1 amide bonds. The number of anilines is 1. The van der Waals surface area contributed by atoms with Gasteiger partial charge >= 0.3 is 0 Å². The standard InChI is InChI=1S/C19H23N3O2/c23-13-19(7-8-19)12-20-18(24)15-11-14-5-1-2-6-16(14)21-17(15)22-9-3-4-10-22/h1-2,5-6,11,23H,3-4,7-10,12-13H2,(H,20,24). The van der Waals surface area contributed by atoms with Crippen molar-refractivity contribution in [2.24, 2.45) is 5.41 Å². The number of fused-ring (bicyclic) bond motifs is 1. The third-order valence-electron chi connectivity index (χ3n) is 5.27. The van der Waals surface area contributed by atoms with Crippen LogP contribution in [0.5, 0.6) is 0 Å². The van der Waals surface area contributed by atoms with Gasteiger partial charge in [-0.25, -0.2) is 4.98 Å². The summed E-state index contributed by atoms with van der Waals surface area (Å²) in [6.45, 7) is 2.58. The Balaban J connectivity index is 1.66. The number of aliphatic hydroxyl groups excluding tert-OH is 1. The maximum atomic E-state index is 12.8. The highest BCUT2D eigenvalue weighted by Gasteiger charge is 2.42. The number of rotatable bonds is 5. The van der Waals surface area contributed by atoms with Crippen LogP contribution >= 0.6 is 0 Å². The minimum absolute atomic E-state index is 0.0881. The molecule has 2 heterocycles. The van der Waals surface area contributed by atoms with E-state index in [1.807, 2.05) is 30.3 Å². The molecule has 2 fully saturated rings. The smallest absolute Gasteiger partial charge is 0.255 e. The number of hydrogen-bond donors (Lipinski definition) is 2. The van der Waals surface area contributed by atoms with E-state index in [-0.39, 0.29) is 17.9 Å². The molecule has 5 nitrogen and oxygen atoms in total. The lowest BCUT2D eigenvalue weighted by molar-refractivity contribution is 0.0935. The van der Waals surface area contributed by atoms with E-state index in [0.29, 0.717) is 12.1 Å². The number of amides is 1. The summed E-state index contributed by atoms with van der Waals surface area (Å²) in [6, 6.07) is 9.86. The van der Waals surface area contributed by atoms with E-state index in [1.165, 1.54) is 0 Å².